The number of ether oxygens (including phenoxy) is 1. The summed E-state index contributed by atoms with van der Waals surface area (Å²) in [6.45, 7) is 3.04. The van der Waals surface area contributed by atoms with Crippen LogP contribution in [0.1, 0.15) is 5.69 Å². The lowest BCUT2D eigenvalue weighted by Crippen LogP contribution is -2.27. The summed E-state index contributed by atoms with van der Waals surface area (Å²) >= 11 is 0. The van der Waals surface area contributed by atoms with Crippen LogP contribution in [0.5, 0.6) is 6.01 Å². The number of aromatic nitrogens is 2. The number of nitrogens with one attached hydrogen (secondary N) is 1. The second kappa shape index (κ2) is 4.76. The number of rotatable bonds is 4. The van der Waals surface area contributed by atoms with Crippen molar-refractivity contribution < 1.29 is 4.74 Å². The second-order valence-corrected chi connectivity index (χ2v) is 2.98. The molecular formula is C9H15N3O2. The minimum atomic E-state index is -0.0791. The largest absolute Gasteiger partial charge is 0.468 e. The van der Waals surface area contributed by atoms with Gasteiger partial charge in [-0.2, -0.15) is 0 Å². The molecule has 1 aromatic heterocycles. The molecule has 0 aliphatic rings. The Hall–Kier alpha value is -1.36. The predicted molar refractivity (Wildman–Crippen MR) is 53.7 cm³/mol. The molecule has 14 heavy (non-hydrogen) atoms. The van der Waals surface area contributed by atoms with E-state index in [1.807, 2.05) is 7.05 Å². The lowest BCUT2D eigenvalue weighted by molar-refractivity contribution is 0.343. The van der Waals surface area contributed by atoms with Crippen LogP contribution < -0.4 is 15.6 Å². The highest BCUT2D eigenvalue weighted by atomic mass is 16.5. The molecular weight excluding hydrogens is 182 g/mol. The summed E-state index contributed by atoms with van der Waals surface area (Å²) in [6.07, 6.45) is 0. The van der Waals surface area contributed by atoms with Crippen molar-refractivity contribution in [2.24, 2.45) is 0 Å². The zero-order valence-corrected chi connectivity index (χ0v) is 8.70. The lowest BCUT2D eigenvalue weighted by Gasteiger charge is -2.10. The number of aryl methyl sites for hydroxylation is 1. The number of nitrogens with zero attached hydrogens (tertiary/aromatic N) is 2. The van der Waals surface area contributed by atoms with E-state index in [0.29, 0.717) is 24.8 Å². The third-order valence-electron chi connectivity index (χ3n) is 1.87. The van der Waals surface area contributed by atoms with Crippen LogP contribution in [0.15, 0.2) is 10.9 Å². The van der Waals surface area contributed by atoms with E-state index in [9.17, 15) is 4.79 Å². The summed E-state index contributed by atoms with van der Waals surface area (Å²) in [5.74, 6) is 0. The Balaban J connectivity index is 3.06. The monoisotopic (exact) mass is 197 g/mol. The summed E-state index contributed by atoms with van der Waals surface area (Å²) in [5, 5.41) is 2.97. The highest BCUT2D eigenvalue weighted by Gasteiger charge is 2.05. The zero-order chi connectivity index (χ0) is 10.6. The van der Waals surface area contributed by atoms with Crippen molar-refractivity contribution in [3.8, 4) is 6.01 Å². The Morgan fingerprint density at radius 1 is 1.64 bits per heavy atom. The van der Waals surface area contributed by atoms with Crippen LogP contribution in [0, 0.1) is 6.92 Å². The Bertz CT molecular complexity index is 360. The average Bonchev–Trinajstić information content (AvgIpc) is 2.15. The van der Waals surface area contributed by atoms with Gasteiger partial charge in [-0.25, -0.2) is 4.98 Å². The SMILES string of the molecule is CNCCn1c(OC)nc(C)cc1=O. The van der Waals surface area contributed by atoms with Gasteiger partial charge in [0, 0.05) is 24.8 Å². The summed E-state index contributed by atoms with van der Waals surface area (Å²) in [7, 11) is 3.34. The molecule has 0 bridgehead atoms. The van der Waals surface area contributed by atoms with Gasteiger partial charge in [-0.3, -0.25) is 9.36 Å². The van der Waals surface area contributed by atoms with Crippen molar-refractivity contribution in [3.63, 3.8) is 0 Å². The molecule has 0 aliphatic carbocycles. The van der Waals surface area contributed by atoms with Gasteiger partial charge in [-0.05, 0) is 14.0 Å². The molecule has 0 atom stereocenters. The van der Waals surface area contributed by atoms with E-state index >= 15 is 0 Å². The fraction of sp³-hybridized carbons (Fsp3) is 0.556. The van der Waals surface area contributed by atoms with E-state index in [0.717, 1.165) is 0 Å². The van der Waals surface area contributed by atoms with Gasteiger partial charge in [-0.1, -0.05) is 0 Å². The van der Waals surface area contributed by atoms with Crippen LogP contribution >= 0.6 is 0 Å². The van der Waals surface area contributed by atoms with E-state index in [1.165, 1.54) is 17.7 Å². The molecule has 0 amide bonds. The standard InChI is InChI=1S/C9H15N3O2/c1-7-6-8(13)12(5-4-10-2)9(11-7)14-3/h6,10H,4-5H2,1-3H3. The minimum Gasteiger partial charge on any atom is -0.468 e. The van der Waals surface area contributed by atoms with E-state index in [2.05, 4.69) is 10.3 Å². The summed E-state index contributed by atoms with van der Waals surface area (Å²) in [5.41, 5.74) is 0.595. The normalized spacial score (nSPS) is 10.2. The zero-order valence-electron chi connectivity index (χ0n) is 8.70. The van der Waals surface area contributed by atoms with Crippen molar-refractivity contribution in [2.75, 3.05) is 20.7 Å². The molecule has 0 fully saturated rings. The van der Waals surface area contributed by atoms with Gasteiger partial charge in [0.05, 0.1) is 7.11 Å². The molecule has 1 rings (SSSR count). The van der Waals surface area contributed by atoms with Crippen molar-refractivity contribution in [1.29, 1.82) is 0 Å². The van der Waals surface area contributed by atoms with Gasteiger partial charge < -0.3 is 10.1 Å². The maximum atomic E-state index is 11.5. The van der Waals surface area contributed by atoms with Gasteiger partial charge in [0.1, 0.15) is 0 Å². The fourth-order valence-corrected chi connectivity index (χ4v) is 1.18. The van der Waals surface area contributed by atoms with E-state index in [-0.39, 0.29) is 5.56 Å². The number of methoxy groups -OCH3 is 1. The van der Waals surface area contributed by atoms with Crippen LogP contribution in [0.4, 0.5) is 0 Å². The van der Waals surface area contributed by atoms with E-state index in [1.54, 1.807) is 6.92 Å². The molecule has 0 unspecified atom stereocenters. The van der Waals surface area contributed by atoms with Gasteiger partial charge in [0.25, 0.3) is 11.6 Å². The number of hydrogen-bond donors (Lipinski definition) is 1. The van der Waals surface area contributed by atoms with Crippen LogP contribution in [0.2, 0.25) is 0 Å². The third-order valence-corrected chi connectivity index (χ3v) is 1.87. The van der Waals surface area contributed by atoms with Gasteiger partial charge in [0.15, 0.2) is 0 Å². The van der Waals surface area contributed by atoms with Gasteiger partial charge in [0.2, 0.25) is 0 Å². The molecule has 0 spiro atoms. The Morgan fingerprint density at radius 2 is 2.36 bits per heavy atom. The van der Waals surface area contributed by atoms with Gasteiger partial charge in [-0.15, -0.1) is 0 Å². The molecule has 5 nitrogen and oxygen atoms in total. The highest BCUT2D eigenvalue weighted by Crippen LogP contribution is 2.03. The maximum Gasteiger partial charge on any atom is 0.299 e. The molecule has 1 heterocycles. The first-order valence-electron chi connectivity index (χ1n) is 4.46. The Kier molecular flexibility index (Phi) is 3.64. The van der Waals surface area contributed by atoms with E-state index < -0.39 is 0 Å². The quantitative estimate of drug-likeness (QED) is 0.725. The molecule has 0 saturated heterocycles. The first-order chi connectivity index (χ1) is 6.69. The molecule has 0 saturated carbocycles. The number of likely N-dealkylation sites (N-methyl/N-ethyl adjacent to an activating group) is 1. The number of hydrogen-bond acceptors (Lipinski definition) is 4. The highest BCUT2D eigenvalue weighted by molar-refractivity contribution is 5.06. The van der Waals surface area contributed by atoms with Crippen LogP contribution in [0.25, 0.3) is 0 Å². The van der Waals surface area contributed by atoms with Crippen molar-refractivity contribution in [3.05, 3.63) is 22.1 Å². The average molecular weight is 197 g/mol. The summed E-state index contributed by atoms with van der Waals surface area (Å²) in [4.78, 5) is 15.7. The molecule has 1 N–H and O–H groups in total. The van der Waals surface area contributed by atoms with E-state index in [4.69, 9.17) is 4.74 Å². The fourth-order valence-electron chi connectivity index (χ4n) is 1.18. The molecule has 78 valence electrons. The topological polar surface area (TPSA) is 56.1 Å². The van der Waals surface area contributed by atoms with Crippen LogP contribution in [-0.2, 0) is 6.54 Å². The minimum absolute atomic E-state index is 0.0791. The third kappa shape index (κ3) is 2.32. The molecule has 5 heteroatoms. The van der Waals surface area contributed by atoms with Crippen molar-refractivity contribution in [2.45, 2.75) is 13.5 Å². The second-order valence-electron chi connectivity index (χ2n) is 2.98. The molecule has 0 radical (unpaired) electrons. The van der Waals surface area contributed by atoms with Crippen molar-refractivity contribution in [1.82, 2.24) is 14.9 Å². The first-order valence-corrected chi connectivity index (χ1v) is 4.46. The summed E-state index contributed by atoms with van der Waals surface area (Å²) in [6, 6.07) is 1.86. The smallest absolute Gasteiger partial charge is 0.299 e. The van der Waals surface area contributed by atoms with Crippen LogP contribution in [0.3, 0.4) is 0 Å². The lowest BCUT2D eigenvalue weighted by atomic mass is 10.4. The molecule has 0 aromatic carbocycles. The van der Waals surface area contributed by atoms with Gasteiger partial charge >= 0.3 is 0 Å². The predicted octanol–water partition coefficient (Wildman–Crippen LogP) is -0.220. The maximum absolute atomic E-state index is 11.5. The Labute approximate surface area is 82.7 Å². The first kappa shape index (κ1) is 10.7. The van der Waals surface area contributed by atoms with Crippen molar-refractivity contribution >= 4 is 0 Å². The summed E-state index contributed by atoms with van der Waals surface area (Å²) < 4.78 is 6.53. The molecule has 0 aliphatic heterocycles. The molecule has 1 aromatic rings. The Morgan fingerprint density at radius 3 is 2.93 bits per heavy atom. The van der Waals surface area contributed by atoms with Crippen LogP contribution in [-0.4, -0.2) is 30.3 Å².